The molecule has 126 valence electrons. The van der Waals surface area contributed by atoms with Gasteiger partial charge < -0.3 is 15.0 Å². The Hall–Kier alpha value is -0.850. The number of hydrogen-bond donors (Lipinski definition) is 1. The molecule has 3 fully saturated rings. The van der Waals surface area contributed by atoms with E-state index in [0.717, 1.165) is 38.9 Å². The zero-order chi connectivity index (χ0) is 14.9. The maximum absolute atomic E-state index is 12.7. The second-order valence-corrected chi connectivity index (χ2v) is 6.25. The number of carbonyl (C=O) groups excluding carboxylic acids is 2. The molecule has 3 heterocycles. The standard InChI is InChI=1S/C15H25N3O3.ClH/c1-16-14(20)15(5-10-21-11-6-15)18-9-2-4-12(18)13(19)17-7-3-8-17;/h12H,2-11H2,1H3,(H,16,20);1H/t12-;/m0./s1. The predicted molar refractivity (Wildman–Crippen MR) is 85.0 cm³/mol. The lowest BCUT2D eigenvalue weighted by atomic mass is 9.86. The van der Waals surface area contributed by atoms with E-state index < -0.39 is 5.54 Å². The fourth-order valence-electron chi connectivity index (χ4n) is 3.87. The molecule has 0 radical (unpaired) electrons. The van der Waals surface area contributed by atoms with Crippen molar-refractivity contribution in [2.24, 2.45) is 0 Å². The van der Waals surface area contributed by atoms with E-state index in [-0.39, 0.29) is 30.3 Å². The minimum atomic E-state index is -0.561. The number of likely N-dealkylation sites (tertiary alicyclic amines) is 2. The smallest absolute Gasteiger partial charge is 0.240 e. The molecule has 3 aliphatic rings. The normalized spacial score (nSPS) is 27.7. The molecular weight excluding hydrogens is 306 g/mol. The molecule has 0 spiro atoms. The summed E-state index contributed by atoms with van der Waals surface area (Å²) in [5, 5.41) is 2.81. The van der Waals surface area contributed by atoms with Gasteiger partial charge in [0.05, 0.1) is 6.04 Å². The molecule has 0 aromatic rings. The van der Waals surface area contributed by atoms with Gasteiger partial charge in [0.2, 0.25) is 11.8 Å². The summed E-state index contributed by atoms with van der Waals surface area (Å²) < 4.78 is 5.45. The molecule has 7 heteroatoms. The Labute approximate surface area is 137 Å². The van der Waals surface area contributed by atoms with Gasteiger partial charge in [-0.05, 0) is 32.1 Å². The summed E-state index contributed by atoms with van der Waals surface area (Å²) in [7, 11) is 1.68. The van der Waals surface area contributed by atoms with Crippen molar-refractivity contribution in [2.75, 3.05) is 39.9 Å². The zero-order valence-corrected chi connectivity index (χ0v) is 14.0. The van der Waals surface area contributed by atoms with Crippen LogP contribution in [0.2, 0.25) is 0 Å². The number of hydrogen-bond acceptors (Lipinski definition) is 4. The van der Waals surface area contributed by atoms with Crippen LogP contribution in [0, 0.1) is 0 Å². The molecule has 1 atom stereocenters. The lowest BCUT2D eigenvalue weighted by Gasteiger charge is -2.46. The van der Waals surface area contributed by atoms with E-state index in [2.05, 4.69) is 10.2 Å². The quantitative estimate of drug-likeness (QED) is 0.813. The van der Waals surface area contributed by atoms with Crippen LogP contribution < -0.4 is 5.32 Å². The summed E-state index contributed by atoms with van der Waals surface area (Å²) in [6, 6.07) is -0.124. The van der Waals surface area contributed by atoms with E-state index in [1.807, 2.05) is 4.90 Å². The fraction of sp³-hybridized carbons (Fsp3) is 0.867. The third-order valence-electron chi connectivity index (χ3n) is 5.23. The molecule has 0 bridgehead atoms. The van der Waals surface area contributed by atoms with E-state index in [0.29, 0.717) is 26.1 Å². The van der Waals surface area contributed by atoms with Crippen molar-refractivity contribution in [3.63, 3.8) is 0 Å². The van der Waals surface area contributed by atoms with Gasteiger partial charge in [-0.25, -0.2) is 0 Å². The molecule has 0 unspecified atom stereocenters. The van der Waals surface area contributed by atoms with Gasteiger partial charge in [-0.15, -0.1) is 12.4 Å². The highest BCUT2D eigenvalue weighted by Gasteiger charge is 2.51. The van der Waals surface area contributed by atoms with Gasteiger partial charge in [-0.3, -0.25) is 14.5 Å². The first-order chi connectivity index (χ1) is 10.2. The Morgan fingerprint density at radius 3 is 2.36 bits per heavy atom. The lowest BCUT2D eigenvalue weighted by Crippen LogP contribution is -2.65. The molecule has 2 amide bonds. The molecule has 3 aliphatic heterocycles. The molecule has 0 aromatic heterocycles. The lowest BCUT2D eigenvalue weighted by molar-refractivity contribution is -0.150. The van der Waals surface area contributed by atoms with E-state index in [1.54, 1.807) is 7.05 Å². The highest BCUT2D eigenvalue weighted by molar-refractivity contribution is 5.89. The van der Waals surface area contributed by atoms with Crippen molar-refractivity contribution in [3.05, 3.63) is 0 Å². The molecule has 0 aromatic carbocycles. The monoisotopic (exact) mass is 331 g/mol. The second kappa shape index (κ2) is 7.15. The molecule has 22 heavy (non-hydrogen) atoms. The van der Waals surface area contributed by atoms with Crippen molar-refractivity contribution in [2.45, 2.75) is 43.7 Å². The first-order valence-electron chi connectivity index (χ1n) is 8.04. The minimum Gasteiger partial charge on any atom is -0.381 e. The van der Waals surface area contributed by atoms with Gasteiger partial charge in [-0.2, -0.15) is 0 Å². The van der Waals surface area contributed by atoms with Crippen molar-refractivity contribution in [1.29, 1.82) is 0 Å². The van der Waals surface area contributed by atoms with Crippen LogP contribution in [0.1, 0.15) is 32.1 Å². The largest absolute Gasteiger partial charge is 0.381 e. The van der Waals surface area contributed by atoms with Gasteiger partial charge in [0.1, 0.15) is 5.54 Å². The SMILES string of the molecule is CNC(=O)C1(N2CCC[C@H]2C(=O)N2CCC2)CCOCC1.Cl. The van der Waals surface area contributed by atoms with Crippen molar-refractivity contribution >= 4 is 24.2 Å². The summed E-state index contributed by atoms with van der Waals surface area (Å²) in [5.74, 6) is 0.252. The number of carbonyl (C=O) groups is 2. The van der Waals surface area contributed by atoms with Crippen LogP contribution in [-0.4, -0.2) is 73.1 Å². The van der Waals surface area contributed by atoms with E-state index in [4.69, 9.17) is 4.74 Å². The van der Waals surface area contributed by atoms with Crippen LogP contribution in [0.25, 0.3) is 0 Å². The third kappa shape index (κ3) is 2.84. The zero-order valence-electron chi connectivity index (χ0n) is 13.2. The van der Waals surface area contributed by atoms with Gasteiger partial charge in [0.25, 0.3) is 0 Å². The van der Waals surface area contributed by atoms with Crippen molar-refractivity contribution < 1.29 is 14.3 Å². The summed E-state index contributed by atoms with van der Waals surface area (Å²) in [5.41, 5.74) is -0.561. The highest BCUT2D eigenvalue weighted by atomic mass is 35.5. The second-order valence-electron chi connectivity index (χ2n) is 6.25. The van der Waals surface area contributed by atoms with E-state index in [1.165, 1.54) is 0 Å². The van der Waals surface area contributed by atoms with E-state index >= 15 is 0 Å². The van der Waals surface area contributed by atoms with Gasteiger partial charge >= 0.3 is 0 Å². The number of likely N-dealkylation sites (N-methyl/N-ethyl adjacent to an activating group) is 1. The maximum atomic E-state index is 12.7. The average molecular weight is 332 g/mol. The number of nitrogens with zero attached hydrogens (tertiary/aromatic N) is 2. The van der Waals surface area contributed by atoms with Crippen LogP contribution in [0.5, 0.6) is 0 Å². The number of nitrogens with one attached hydrogen (secondary N) is 1. The average Bonchev–Trinajstić information content (AvgIpc) is 2.95. The number of rotatable bonds is 3. The topological polar surface area (TPSA) is 61.9 Å². The van der Waals surface area contributed by atoms with E-state index in [9.17, 15) is 9.59 Å². The molecular formula is C15H26ClN3O3. The number of halogens is 1. The first-order valence-corrected chi connectivity index (χ1v) is 8.04. The van der Waals surface area contributed by atoms with Gasteiger partial charge in [0.15, 0.2) is 0 Å². The first kappa shape index (κ1) is 17.5. The highest BCUT2D eigenvalue weighted by Crippen LogP contribution is 2.36. The third-order valence-corrected chi connectivity index (χ3v) is 5.23. The maximum Gasteiger partial charge on any atom is 0.240 e. The number of ether oxygens (including phenoxy) is 1. The molecule has 6 nitrogen and oxygen atoms in total. The van der Waals surface area contributed by atoms with Crippen LogP contribution in [0.3, 0.4) is 0 Å². The Bertz CT molecular complexity index is 422. The van der Waals surface area contributed by atoms with Crippen LogP contribution in [-0.2, 0) is 14.3 Å². The predicted octanol–water partition coefficient (Wildman–Crippen LogP) is 0.400. The number of amides is 2. The Morgan fingerprint density at radius 2 is 1.82 bits per heavy atom. The summed E-state index contributed by atoms with van der Waals surface area (Å²) >= 11 is 0. The van der Waals surface area contributed by atoms with Crippen molar-refractivity contribution in [3.8, 4) is 0 Å². The van der Waals surface area contributed by atoms with Crippen LogP contribution >= 0.6 is 12.4 Å². The van der Waals surface area contributed by atoms with Gasteiger partial charge in [-0.1, -0.05) is 0 Å². The fourth-order valence-corrected chi connectivity index (χ4v) is 3.87. The molecule has 1 N–H and O–H groups in total. The summed E-state index contributed by atoms with van der Waals surface area (Å²) in [6.45, 7) is 3.76. The molecule has 0 aliphatic carbocycles. The molecule has 3 saturated heterocycles. The van der Waals surface area contributed by atoms with Crippen molar-refractivity contribution in [1.82, 2.24) is 15.1 Å². The molecule has 3 rings (SSSR count). The van der Waals surface area contributed by atoms with Crippen LogP contribution in [0.4, 0.5) is 0 Å². The Balaban J connectivity index is 0.00000176. The van der Waals surface area contributed by atoms with Gasteiger partial charge in [0, 0.05) is 39.9 Å². The Kier molecular flexibility index (Phi) is 5.69. The molecule has 0 saturated carbocycles. The minimum absolute atomic E-state index is 0. The summed E-state index contributed by atoms with van der Waals surface area (Å²) in [6.07, 6.45) is 4.32. The summed E-state index contributed by atoms with van der Waals surface area (Å²) in [4.78, 5) is 29.3. The Morgan fingerprint density at radius 1 is 1.14 bits per heavy atom. The van der Waals surface area contributed by atoms with Crippen LogP contribution in [0.15, 0.2) is 0 Å².